The highest BCUT2D eigenvalue weighted by Gasteiger charge is 2.24. The van der Waals surface area contributed by atoms with Gasteiger partial charge >= 0.3 is 5.97 Å². The predicted molar refractivity (Wildman–Crippen MR) is 67.6 cm³/mol. The van der Waals surface area contributed by atoms with Gasteiger partial charge in [0.05, 0.1) is 12.3 Å². The van der Waals surface area contributed by atoms with Crippen LogP contribution in [0.4, 0.5) is 5.13 Å². The topological polar surface area (TPSA) is 68.5 Å². The molecular weight excluding hydrogens is 238 g/mol. The minimum absolute atomic E-state index is 0.213. The lowest BCUT2D eigenvalue weighted by Crippen LogP contribution is -2.26. The second-order valence-corrected chi connectivity index (χ2v) is 5.10. The number of rotatable bonds is 3. The van der Waals surface area contributed by atoms with Crippen LogP contribution in [0.1, 0.15) is 28.7 Å². The van der Waals surface area contributed by atoms with E-state index >= 15 is 0 Å². The maximum absolute atomic E-state index is 11.7. The molecule has 1 aliphatic rings. The van der Waals surface area contributed by atoms with Crippen molar-refractivity contribution in [3.63, 3.8) is 0 Å². The van der Waals surface area contributed by atoms with E-state index < -0.39 is 0 Å². The zero-order valence-electron chi connectivity index (χ0n) is 10.1. The molecule has 2 heterocycles. The van der Waals surface area contributed by atoms with E-state index in [0.717, 1.165) is 30.3 Å². The summed E-state index contributed by atoms with van der Waals surface area (Å²) in [6, 6.07) is 0.213. The second kappa shape index (κ2) is 5.01. The van der Waals surface area contributed by atoms with Gasteiger partial charge in [-0.1, -0.05) is 11.3 Å². The SMILES string of the molecule is CCOC(=O)c1sc(N2CCC(N)C2)nc1C. The van der Waals surface area contributed by atoms with E-state index in [1.165, 1.54) is 11.3 Å². The highest BCUT2D eigenvalue weighted by atomic mass is 32.1. The molecule has 0 saturated carbocycles. The molecule has 0 amide bonds. The van der Waals surface area contributed by atoms with E-state index in [1.54, 1.807) is 6.92 Å². The van der Waals surface area contributed by atoms with Crippen molar-refractivity contribution in [3.05, 3.63) is 10.6 Å². The van der Waals surface area contributed by atoms with Gasteiger partial charge in [0.1, 0.15) is 4.88 Å². The molecule has 0 spiro atoms. The van der Waals surface area contributed by atoms with Crippen molar-refractivity contribution in [1.82, 2.24) is 4.98 Å². The van der Waals surface area contributed by atoms with Gasteiger partial charge in [0, 0.05) is 19.1 Å². The van der Waals surface area contributed by atoms with Gasteiger partial charge in [-0.05, 0) is 20.3 Å². The molecule has 1 aromatic heterocycles. The highest BCUT2D eigenvalue weighted by molar-refractivity contribution is 7.17. The van der Waals surface area contributed by atoms with Crippen LogP contribution in [0, 0.1) is 6.92 Å². The molecule has 1 aromatic rings. The van der Waals surface area contributed by atoms with Crippen molar-refractivity contribution < 1.29 is 9.53 Å². The predicted octanol–water partition coefficient (Wildman–Crippen LogP) is 1.17. The highest BCUT2D eigenvalue weighted by Crippen LogP contribution is 2.28. The first-order valence-electron chi connectivity index (χ1n) is 5.77. The van der Waals surface area contributed by atoms with Gasteiger partial charge in [-0.15, -0.1) is 0 Å². The third-order valence-electron chi connectivity index (χ3n) is 2.74. The third kappa shape index (κ3) is 2.58. The fraction of sp³-hybridized carbons (Fsp3) is 0.636. The summed E-state index contributed by atoms with van der Waals surface area (Å²) in [5.41, 5.74) is 6.60. The summed E-state index contributed by atoms with van der Waals surface area (Å²) >= 11 is 1.39. The van der Waals surface area contributed by atoms with Gasteiger partial charge in [-0.25, -0.2) is 9.78 Å². The summed E-state index contributed by atoms with van der Waals surface area (Å²) in [7, 11) is 0. The Morgan fingerprint density at radius 1 is 1.71 bits per heavy atom. The number of nitrogens with zero attached hydrogens (tertiary/aromatic N) is 2. The molecule has 2 rings (SSSR count). The van der Waals surface area contributed by atoms with Crippen LogP contribution < -0.4 is 10.6 Å². The molecule has 1 unspecified atom stereocenters. The Balaban J connectivity index is 2.15. The van der Waals surface area contributed by atoms with Crippen LogP contribution in [0.3, 0.4) is 0 Å². The van der Waals surface area contributed by atoms with E-state index in [2.05, 4.69) is 9.88 Å². The molecule has 6 heteroatoms. The summed E-state index contributed by atoms with van der Waals surface area (Å²) < 4.78 is 4.99. The smallest absolute Gasteiger partial charge is 0.350 e. The number of carbonyl (C=O) groups excluding carboxylic acids is 1. The molecule has 94 valence electrons. The average molecular weight is 255 g/mol. The van der Waals surface area contributed by atoms with E-state index in [9.17, 15) is 4.79 Å². The van der Waals surface area contributed by atoms with Crippen LogP contribution in [0.5, 0.6) is 0 Å². The number of anilines is 1. The Morgan fingerprint density at radius 2 is 2.47 bits per heavy atom. The van der Waals surface area contributed by atoms with Gasteiger partial charge in [0.25, 0.3) is 0 Å². The van der Waals surface area contributed by atoms with Crippen molar-refractivity contribution in [1.29, 1.82) is 0 Å². The number of thiazole rings is 1. The zero-order chi connectivity index (χ0) is 12.4. The lowest BCUT2D eigenvalue weighted by molar-refractivity contribution is 0.0531. The molecule has 1 saturated heterocycles. The molecular formula is C11H17N3O2S. The second-order valence-electron chi connectivity index (χ2n) is 4.13. The van der Waals surface area contributed by atoms with Crippen molar-refractivity contribution in [2.75, 3.05) is 24.6 Å². The Hall–Kier alpha value is -1.14. The summed E-state index contributed by atoms with van der Waals surface area (Å²) in [4.78, 5) is 18.8. The molecule has 5 nitrogen and oxygen atoms in total. The van der Waals surface area contributed by atoms with Gasteiger partial charge in [0.15, 0.2) is 5.13 Å². The molecule has 1 aliphatic heterocycles. The van der Waals surface area contributed by atoms with Crippen molar-refractivity contribution >= 4 is 22.4 Å². The van der Waals surface area contributed by atoms with E-state index in [0.29, 0.717) is 11.5 Å². The molecule has 17 heavy (non-hydrogen) atoms. The monoisotopic (exact) mass is 255 g/mol. The van der Waals surface area contributed by atoms with E-state index in [-0.39, 0.29) is 12.0 Å². The van der Waals surface area contributed by atoms with Crippen LogP contribution in [-0.4, -0.2) is 36.7 Å². The van der Waals surface area contributed by atoms with Crippen LogP contribution in [0.15, 0.2) is 0 Å². The fourth-order valence-electron chi connectivity index (χ4n) is 1.86. The average Bonchev–Trinajstić information content (AvgIpc) is 2.85. The molecule has 0 aromatic carbocycles. The molecule has 1 fully saturated rings. The first-order chi connectivity index (χ1) is 8.11. The summed E-state index contributed by atoms with van der Waals surface area (Å²) in [5, 5.41) is 0.874. The molecule has 1 atom stereocenters. The number of esters is 1. The lowest BCUT2D eigenvalue weighted by Gasteiger charge is -2.12. The Labute approximate surface area is 105 Å². The number of aromatic nitrogens is 1. The standard InChI is InChI=1S/C11H17N3O2S/c1-3-16-10(15)9-7(2)13-11(17-9)14-5-4-8(12)6-14/h8H,3-6,12H2,1-2H3. The Morgan fingerprint density at radius 3 is 3.06 bits per heavy atom. The Kier molecular flexibility index (Phi) is 3.63. The van der Waals surface area contributed by atoms with Gasteiger partial charge in [-0.2, -0.15) is 0 Å². The third-order valence-corrected chi connectivity index (χ3v) is 3.94. The molecule has 0 aliphatic carbocycles. The largest absolute Gasteiger partial charge is 0.462 e. The number of carbonyl (C=O) groups is 1. The maximum Gasteiger partial charge on any atom is 0.350 e. The van der Waals surface area contributed by atoms with Gasteiger partial charge in [-0.3, -0.25) is 0 Å². The van der Waals surface area contributed by atoms with Crippen molar-refractivity contribution in [2.24, 2.45) is 5.73 Å². The summed E-state index contributed by atoms with van der Waals surface area (Å²) in [6.45, 7) is 5.75. The number of ether oxygens (including phenoxy) is 1. The first-order valence-corrected chi connectivity index (χ1v) is 6.58. The minimum atomic E-state index is -0.280. The number of nitrogens with two attached hydrogens (primary N) is 1. The fourth-order valence-corrected chi connectivity index (χ4v) is 2.86. The minimum Gasteiger partial charge on any atom is -0.462 e. The van der Waals surface area contributed by atoms with Gasteiger partial charge in [0.2, 0.25) is 0 Å². The van der Waals surface area contributed by atoms with Gasteiger partial charge < -0.3 is 15.4 Å². The maximum atomic E-state index is 11.7. The van der Waals surface area contributed by atoms with E-state index in [1.807, 2.05) is 6.92 Å². The van der Waals surface area contributed by atoms with Crippen LogP contribution in [0.25, 0.3) is 0 Å². The molecule has 0 radical (unpaired) electrons. The lowest BCUT2D eigenvalue weighted by atomic mass is 10.3. The van der Waals surface area contributed by atoms with Crippen LogP contribution >= 0.6 is 11.3 Å². The summed E-state index contributed by atoms with van der Waals surface area (Å²) in [5.74, 6) is -0.280. The van der Waals surface area contributed by atoms with Crippen molar-refractivity contribution in [3.8, 4) is 0 Å². The normalized spacial score (nSPS) is 19.7. The number of aryl methyl sites for hydroxylation is 1. The first kappa shape index (κ1) is 12.3. The zero-order valence-corrected chi connectivity index (χ0v) is 10.9. The molecule has 2 N–H and O–H groups in total. The quantitative estimate of drug-likeness (QED) is 0.821. The summed E-state index contributed by atoms with van der Waals surface area (Å²) in [6.07, 6.45) is 0.980. The van der Waals surface area contributed by atoms with Crippen LogP contribution in [0.2, 0.25) is 0 Å². The van der Waals surface area contributed by atoms with E-state index in [4.69, 9.17) is 10.5 Å². The number of hydrogen-bond acceptors (Lipinski definition) is 6. The Bertz CT molecular complexity index is 419. The molecule has 0 bridgehead atoms. The number of hydrogen-bond donors (Lipinski definition) is 1. The van der Waals surface area contributed by atoms with Crippen LogP contribution in [-0.2, 0) is 4.74 Å². The van der Waals surface area contributed by atoms with Crippen molar-refractivity contribution in [2.45, 2.75) is 26.3 Å².